The number of benzene rings is 3. The van der Waals surface area contributed by atoms with Gasteiger partial charge in [0.25, 0.3) is 0 Å². The van der Waals surface area contributed by atoms with Crippen LogP contribution in [-0.4, -0.2) is 7.11 Å². The number of hydrogen-bond donors (Lipinski definition) is 1. The predicted molar refractivity (Wildman–Crippen MR) is 102 cm³/mol. The molecule has 0 spiro atoms. The van der Waals surface area contributed by atoms with Gasteiger partial charge in [-0.05, 0) is 23.3 Å². The molecule has 0 atom stereocenters. The summed E-state index contributed by atoms with van der Waals surface area (Å²) >= 11 is 4.45. The second-order valence-electron chi connectivity index (χ2n) is 5.52. The largest absolute Gasteiger partial charge is 0.490 e. The highest BCUT2D eigenvalue weighted by molar-refractivity contribution is 7.80. The lowest BCUT2D eigenvalue weighted by atomic mass is 10.2. The van der Waals surface area contributed by atoms with Gasteiger partial charge in [0.1, 0.15) is 13.2 Å². The lowest BCUT2D eigenvalue weighted by Crippen LogP contribution is -2.01. The Labute approximate surface area is 153 Å². The smallest absolute Gasteiger partial charge is 0.203 e. The summed E-state index contributed by atoms with van der Waals surface area (Å²) in [7, 11) is 1.61. The summed E-state index contributed by atoms with van der Waals surface area (Å²) < 4.78 is 17.4. The second-order valence-corrected chi connectivity index (χ2v) is 6.04. The van der Waals surface area contributed by atoms with E-state index in [0.29, 0.717) is 30.5 Å². The van der Waals surface area contributed by atoms with E-state index in [2.05, 4.69) is 12.6 Å². The highest BCUT2D eigenvalue weighted by Gasteiger charge is 2.14. The van der Waals surface area contributed by atoms with Gasteiger partial charge in [0.2, 0.25) is 5.75 Å². The molecule has 0 radical (unpaired) electrons. The van der Waals surface area contributed by atoms with Crippen molar-refractivity contribution < 1.29 is 14.2 Å². The minimum Gasteiger partial charge on any atom is -0.490 e. The zero-order chi connectivity index (χ0) is 17.5. The first-order valence-electron chi connectivity index (χ1n) is 8.00. The Morgan fingerprint density at radius 2 is 1.16 bits per heavy atom. The van der Waals surface area contributed by atoms with Crippen LogP contribution in [0.15, 0.2) is 77.7 Å². The SMILES string of the molecule is COc1c(OCc2ccccc2)cc(S)cc1OCc1ccccc1. The van der Waals surface area contributed by atoms with Crippen LogP contribution in [0, 0.1) is 0 Å². The minimum atomic E-state index is 0.451. The van der Waals surface area contributed by atoms with E-state index in [9.17, 15) is 0 Å². The lowest BCUT2D eigenvalue weighted by Gasteiger charge is -2.16. The molecule has 0 aliphatic heterocycles. The quantitative estimate of drug-likeness (QED) is 0.597. The van der Waals surface area contributed by atoms with Crippen LogP contribution in [0.2, 0.25) is 0 Å². The molecule has 0 aromatic heterocycles. The fourth-order valence-electron chi connectivity index (χ4n) is 2.45. The van der Waals surface area contributed by atoms with Gasteiger partial charge in [-0.25, -0.2) is 0 Å². The maximum absolute atomic E-state index is 5.93. The van der Waals surface area contributed by atoms with E-state index >= 15 is 0 Å². The molecule has 0 saturated heterocycles. The molecule has 3 aromatic carbocycles. The Morgan fingerprint density at radius 1 is 0.720 bits per heavy atom. The van der Waals surface area contributed by atoms with Crippen LogP contribution in [0.5, 0.6) is 17.2 Å². The highest BCUT2D eigenvalue weighted by Crippen LogP contribution is 2.40. The average Bonchev–Trinajstić information content (AvgIpc) is 2.66. The summed E-state index contributed by atoms with van der Waals surface area (Å²) in [6.45, 7) is 0.902. The van der Waals surface area contributed by atoms with Gasteiger partial charge in [0.05, 0.1) is 7.11 Å². The third-order valence-corrected chi connectivity index (χ3v) is 3.94. The highest BCUT2D eigenvalue weighted by atomic mass is 32.1. The molecule has 128 valence electrons. The maximum atomic E-state index is 5.93. The Kier molecular flexibility index (Phi) is 5.86. The van der Waals surface area contributed by atoms with Gasteiger partial charge in [0, 0.05) is 4.90 Å². The fraction of sp³-hybridized carbons (Fsp3) is 0.143. The standard InChI is InChI=1S/C21H20O3S/c1-22-21-19(23-14-16-8-4-2-5-9-16)12-18(25)13-20(21)24-15-17-10-6-3-7-11-17/h2-13,25H,14-15H2,1H3. The summed E-state index contributed by atoms with van der Waals surface area (Å²) in [6.07, 6.45) is 0. The number of ether oxygens (including phenoxy) is 3. The van der Waals surface area contributed by atoms with Crippen molar-refractivity contribution in [2.45, 2.75) is 18.1 Å². The number of rotatable bonds is 7. The minimum absolute atomic E-state index is 0.451. The molecule has 3 nitrogen and oxygen atoms in total. The molecular weight excluding hydrogens is 332 g/mol. The third kappa shape index (κ3) is 4.70. The van der Waals surface area contributed by atoms with Gasteiger partial charge in [-0.3, -0.25) is 0 Å². The number of hydrogen-bond acceptors (Lipinski definition) is 4. The van der Waals surface area contributed by atoms with Gasteiger partial charge in [-0.1, -0.05) is 60.7 Å². The van der Waals surface area contributed by atoms with Crippen LogP contribution in [-0.2, 0) is 13.2 Å². The van der Waals surface area contributed by atoms with Gasteiger partial charge in [0.15, 0.2) is 11.5 Å². The van der Waals surface area contributed by atoms with Crippen LogP contribution < -0.4 is 14.2 Å². The Bertz CT molecular complexity index is 739. The van der Waals surface area contributed by atoms with Crippen molar-refractivity contribution in [1.29, 1.82) is 0 Å². The van der Waals surface area contributed by atoms with Crippen molar-refractivity contribution in [3.8, 4) is 17.2 Å². The molecule has 0 aliphatic carbocycles. The first-order chi connectivity index (χ1) is 12.3. The maximum Gasteiger partial charge on any atom is 0.203 e. The predicted octanol–water partition coefficient (Wildman–Crippen LogP) is 5.14. The first kappa shape index (κ1) is 17.2. The van der Waals surface area contributed by atoms with E-state index in [1.165, 1.54) is 0 Å². The topological polar surface area (TPSA) is 27.7 Å². The van der Waals surface area contributed by atoms with Gasteiger partial charge in [-0.15, -0.1) is 12.6 Å². The molecule has 0 bridgehead atoms. The second kappa shape index (κ2) is 8.49. The molecule has 4 heteroatoms. The van der Waals surface area contributed by atoms with E-state index in [-0.39, 0.29) is 0 Å². The van der Waals surface area contributed by atoms with Crippen molar-refractivity contribution >= 4 is 12.6 Å². The Balaban J connectivity index is 1.77. The normalized spacial score (nSPS) is 10.3. The molecule has 0 unspecified atom stereocenters. The monoisotopic (exact) mass is 352 g/mol. The summed E-state index contributed by atoms with van der Waals surface area (Å²) in [5.41, 5.74) is 2.17. The van der Waals surface area contributed by atoms with E-state index in [1.807, 2.05) is 72.8 Å². The lowest BCUT2D eigenvalue weighted by molar-refractivity contribution is 0.256. The van der Waals surface area contributed by atoms with Crippen LogP contribution in [0.3, 0.4) is 0 Å². The van der Waals surface area contributed by atoms with Crippen molar-refractivity contribution in [2.75, 3.05) is 7.11 Å². The van der Waals surface area contributed by atoms with Crippen molar-refractivity contribution in [2.24, 2.45) is 0 Å². The third-order valence-electron chi connectivity index (χ3n) is 3.68. The van der Waals surface area contributed by atoms with Crippen LogP contribution in [0.4, 0.5) is 0 Å². The van der Waals surface area contributed by atoms with Crippen LogP contribution in [0.25, 0.3) is 0 Å². The van der Waals surface area contributed by atoms with Crippen LogP contribution in [0.1, 0.15) is 11.1 Å². The van der Waals surface area contributed by atoms with Crippen molar-refractivity contribution in [1.82, 2.24) is 0 Å². The summed E-state index contributed by atoms with van der Waals surface area (Å²) in [6, 6.07) is 23.6. The zero-order valence-electron chi connectivity index (χ0n) is 14.0. The molecule has 3 aromatic rings. The van der Waals surface area contributed by atoms with Gasteiger partial charge >= 0.3 is 0 Å². The Morgan fingerprint density at radius 3 is 1.56 bits per heavy atom. The fourth-order valence-corrected chi connectivity index (χ4v) is 2.68. The molecule has 3 rings (SSSR count). The average molecular weight is 352 g/mol. The number of methoxy groups -OCH3 is 1. The van der Waals surface area contributed by atoms with E-state index < -0.39 is 0 Å². The Hall–Kier alpha value is -2.59. The first-order valence-corrected chi connectivity index (χ1v) is 8.45. The van der Waals surface area contributed by atoms with E-state index in [4.69, 9.17) is 14.2 Å². The molecule has 0 aliphatic rings. The molecule has 0 amide bonds. The molecule has 0 saturated carbocycles. The molecule has 0 fully saturated rings. The molecular formula is C21H20O3S. The van der Waals surface area contributed by atoms with Crippen molar-refractivity contribution in [3.05, 3.63) is 83.9 Å². The van der Waals surface area contributed by atoms with Crippen LogP contribution >= 0.6 is 12.6 Å². The van der Waals surface area contributed by atoms with Gasteiger partial charge < -0.3 is 14.2 Å². The molecule has 0 N–H and O–H groups in total. The summed E-state index contributed by atoms with van der Waals surface area (Å²) in [5.74, 6) is 1.80. The van der Waals surface area contributed by atoms with E-state index in [0.717, 1.165) is 16.0 Å². The summed E-state index contributed by atoms with van der Waals surface area (Å²) in [5, 5.41) is 0. The summed E-state index contributed by atoms with van der Waals surface area (Å²) in [4.78, 5) is 0.756. The molecule has 0 heterocycles. The van der Waals surface area contributed by atoms with Gasteiger partial charge in [-0.2, -0.15) is 0 Å². The molecule has 25 heavy (non-hydrogen) atoms. The number of thiol groups is 1. The zero-order valence-corrected chi connectivity index (χ0v) is 14.9. The van der Waals surface area contributed by atoms with E-state index in [1.54, 1.807) is 7.11 Å². The van der Waals surface area contributed by atoms with Crippen molar-refractivity contribution in [3.63, 3.8) is 0 Å².